The van der Waals surface area contributed by atoms with E-state index in [1.54, 1.807) is 0 Å². The first-order valence-electron chi connectivity index (χ1n) is 14.4. The van der Waals surface area contributed by atoms with Gasteiger partial charge in [0.1, 0.15) is 12.2 Å². The fourth-order valence-electron chi connectivity index (χ4n) is 3.61. The summed E-state index contributed by atoms with van der Waals surface area (Å²) in [6, 6.07) is 0. The number of allylic oxidation sites excluding steroid dienone is 2. The molecule has 0 aromatic heterocycles. The van der Waals surface area contributed by atoms with Crippen LogP contribution in [0.25, 0.3) is 0 Å². The lowest BCUT2D eigenvalue weighted by atomic mass is 10.1. The molecule has 34 heavy (non-hydrogen) atoms. The number of ether oxygens (including phenoxy) is 4. The number of hydrogen-bond acceptors (Lipinski definition) is 5. The highest BCUT2D eigenvalue weighted by atomic mass is 16.6. The maximum atomic E-state index is 11.5. The molecule has 0 aromatic rings. The molecule has 2 aliphatic rings. The number of esters is 1. The highest BCUT2D eigenvalue weighted by molar-refractivity contribution is 5.69. The Hall–Kier alpha value is -0.910. The van der Waals surface area contributed by atoms with Crippen LogP contribution in [-0.4, -0.2) is 51.2 Å². The molecule has 2 aliphatic heterocycles. The maximum absolute atomic E-state index is 11.5. The van der Waals surface area contributed by atoms with Crippen molar-refractivity contribution in [1.82, 2.24) is 0 Å². The van der Waals surface area contributed by atoms with Gasteiger partial charge in [-0.2, -0.15) is 0 Å². The Labute approximate surface area is 210 Å². The molecule has 0 radical (unpaired) electrons. The molecule has 0 aromatic carbocycles. The van der Waals surface area contributed by atoms with E-state index in [0.717, 1.165) is 52.1 Å². The van der Waals surface area contributed by atoms with Gasteiger partial charge in [0.05, 0.1) is 33.0 Å². The Balaban J connectivity index is 0.000000521. The molecule has 0 bridgehead atoms. The fraction of sp³-hybridized carbons (Fsp3) is 0.897. The Kier molecular flexibility index (Phi) is 21.8. The van der Waals surface area contributed by atoms with E-state index in [9.17, 15) is 4.79 Å². The van der Waals surface area contributed by atoms with Gasteiger partial charge in [-0.25, -0.2) is 0 Å². The molecule has 5 heteroatoms. The summed E-state index contributed by atoms with van der Waals surface area (Å²) in [4.78, 5) is 11.5. The van der Waals surface area contributed by atoms with Gasteiger partial charge in [-0.1, -0.05) is 90.2 Å². The van der Waals surface area contributed by atoms with Crippen molar-refractivity contribution in [1.29, 1.82) is 0 Å². The SMILES string of the molecule is C(OCC1CO1)C1CO1.CCCCCCCC/C=C\CCCCCCCC(=O)OCCCCC. The summed E-state index contributed by atoms with van der Waals surface area (Å²) in [6.45, 7) is 8.30. The van der Waals surface area contributed by atoms with Crippen LogP contribution < -0.4 is 0 Å². The third-order valence-electron chi connectivity index (χ3n) is 6.07. The summed E-state index contributed by atoms with van der Waals surface area (Å²) in [6.07, 6.45) is 26.2. The summed E-state index contributed by atoms with van der Waals surface area (Å²) in [5, 5.41) is 0. The molecular formula is C29H54O5. The number of carbonyl (C=O) groups excluding carboxylic acids is 1. The minimum atomic E-state index is -0.00581. The molecule has 0 aliphatic carbocycles. The molecule has 0 spiro atoms. The third kappa shape index (κ3) is 24.2. The van der Waals surface area contributed by atoms with Gasteiger partial charge in [-0.05, 0) is 38.5 Å². The second kappa shape index (κ2) is 23.8. The van der Waals surface area contributed by atoms with Crippen molar-refractivity contribution < 1.29 is 23.7 Å². The van der Waals surface area contributed by atoms with Gasteiger partial charge >= 0.3 is 5.97 Å². The fourth-order valence-corrected chi connectivity index (χ4v) is 3.61. The van der Waals surface area contributed by atoms with Crippen LogP contribution in [0.5, 0.6) is 0 Å². The van der Waals surface area contributed by atoms with Crippen LogP contribution >= 0.6 is 0 Å². The average Bonchev–Trinajstić information content (AvgIpc) is 3.76. The third-order valence-corrected chi connectivity index (χ3v) is 6.07. The zero-order valence-corrected chi connectivity index (χ0v) is 22.4. The van der Waals surface area contributed by atoms with Gasteiger partial charge in [-0.3, -0.25) is 4.79 Å². The van der Waals surface area contributed by atoms with Crippen LogP contribution in [-0.2, 0) is 23.7 Å². The number of unbranched alkanes of at least 4 members (excludes halogenated alkanes) is 13. The Bertz CT molecular complexity index is 459. The first-order chi connectivity index (χ1) is 16.8. The topological polar surface area (TPSA) is 60.6 Å². The van der Waals surface area contributed by atoms with Gasteiger partial charge in [-0.15, -0.1) is 0 Å². The van der Waals surface area contributed by atoms with Crippen molar-refractivity contribution in [3.8, 4) is 0 Å². The second-order valence-corrected chi connectivity index (χ2v) is 9.71. The number of carbonyl (C=O) groups is 1. The predicted octanol–water partition coefficient (Wildman–Crippen LogP) is 7.56. The standard InChI is InChI=1S/C23H44O2.C6H10O3/c1-3-5-7-8-9-10-11-12-13-14-15-16-17-18-19-21-23(24)25-22-20-6-4-2;1(5-3-8-5)7-2-6-4-9-6/h12-13H,3-11,14-22H2,1-2H3;5-6H,1-4H2/b13-12-;. The molecule has 2 rings (SSSR count). The lowest BCUT2D eigenvalue weighted by Gasteiger charge is -2.04. The van der Waals surface area contributed by atoms with E-state index in [-0.39, 0.29) is 5.97 Å². The highest BCUT2D eigenvalue weighted by Gasteiger charge is 2.26. The monoisotopic (exact) mass is 482 g/mol. The van der Waals surface area contributed by atoms with Crippen molar-refractivity contribution in [2.24, 2.45) is 0 Å². The molecule has 2 atom stereocenters. The van der Waals surface area contributed by atoms with E-state index in [4.69, 9.17) is 18.9 Å². The molecule has 2 fully saturated rings. The summed E-state index contributed by atoms with van der Waals surface area (Å²) in [5.74, 6) is -0.00581. The van der Waals surface area contributed by atoms with Crippen molar-refractivity contribution in [2.45, 2.75) is 135 Å². The largest absolute Gasteiger partial charge is 0.466 e. The Morgan fingerprint density at radius 1 is 0.706 bits per heavy atom. The first kappa shape index (κ1) is 31.1. The van der Waals surface area contributed by atoms with Crippen LogP contribution in [0.1, 0.15) is 123 Å². The molecular weight excluding hydrogens is 428 g/mol. The van der Waals surface area contributed by atoms with Gasteiger partial charge in [0.25, 0.3) is 0 Å². The van der Waals surface area contributed by atoms with Gasteiger partial charge < -0.3 is 18.9 Å². The smallest absolute Gasteiger partial charge is 0.305 e. The lowest BCUT2D eigenvalue weighted by molar-refractivity contribution is -0.143. The Morgan fingerprint density at radius 2 is 1.18 bits per heavy atom. The average molecular weight is 483 g/mol. The zero-order valence-electron chi connectivity index (χ0n) is 22.4. The highest BCUT2D eigenvalue weighted by Crippen LogP contribution is 2.13. The van der Waals surface area contributed by atoms with Crippen molar-refractivity contribution in [3.63, 3.8) is 0 Å². The van der Waals surface area contributed by atoms with Crippen LogP contribution in [0.2, 0.25) is 0 Å². The van der Waals surface area contributed by atoms with E-state index >= 15 is 0 Å². The van der Waals surface area contributed by atoms with E-state index in [1.807, 2.05) is 0 Å². The van der Waals surface area contributed by atoms with Crippen molar-refractivity contribution >= 4 is 5.97 Å². The molecule has 200 valence electrons. The number of rotatable bonds is 23. The summed E-state index contributed by atoms with van der Waals surface area (Å²) in [7, 11) is 0. The van der Waals surface area contributed by atoms with E-state index < -0.39 is 0 Å². The van der Waals surface area contributed by atoms with E-state index in [1.165, 1.54) is 77.0 Å². The molecule has 0 amide bonds. The van der Waals surface area contributed by atoms with Crippen molar-refractivity contribution in [2.75, 3.05) is 33.0 Å². The molecule has 0 N–H and O–H groups in total. The first-order valence-corrected chi connectivity index (χ1v) is 14.4. The minimum Gasteiger partial charge on any atom is -0.466 e. The van der Waals surface area contributed by atoms with Crippen LogP contribution in [0.15, 0.2) is 12.2 Å². The number of hydrogen-bond donors (Lipinski definition) is 0. The van der Waals surface area contributed by atoms with Crippen LogP contribution in [0.4, 0.5) is 0 Å². The summed E-state index contributed by atoms with van der Waals surface area (Å²) < 4.78 is 20.3. The van der Waals surface area contributed by atoms with E-state index in [0.29, 0.717) is 25.2 Å². The van der Waals surface area contributed by atoms with Gasteiger partial charge in [0.15, 0.2) is 0 Å². The summed E-state index contributed by atoms with van der Waals surface area (Å²) in [5.41, 5.74) is 0. The quantitative estimate of drug-likeness (QED) is 0.0651. The summed E-state index contributed by atoms with van der Waals surface area (Å²) >= 11 is 0. The second-order valence-electron chi connectivity index (χ2n) is 9.71. The zero-order chi connectivity index (χ0) is 24.5. The normalized spacial score (nSPS) is 18.5. The number of epoxide rings is 2. The molecule has 2 saturated heterocycles. The van der Waals surface area contributed by atoms with Gasteiger partial charge in [0, 0.05) is 6.42 Å². The van der Waals surface area contributed by atoms with Crippen LogP contribution in [0, 0.1) is 0 Å². The maximum Gasteiger partial charge on any atom is 0.305 e. The lowest BCUT2D eigenvalue weighted by Crippen LogP contribution is -2.06. The molecule has 5 nitrogen and oxygen atoms in total. The van der Waals surface area contributed by atoms with Crippen molar-refractivity contribution in [3.05, 3.63) is 12.2 Å². The molecule has 2 heterocycles. The molecule has 2 unspecified atom stereocenters. The molecule has 0 saturated carbocycles. The Morgan fingerprint density at radius 3 is 1.71 bits per heavy atom. The predicted molar refractivity (Wildman–Crippen MR) is 140 cm³/mol. The van der Waals surface area contributed by atoms with Gasteiger partial charge in [0.2, 0.25) is 0 Å². The minimum absolute atomic E-state index is 0.00581. The van der Waals surface area contributed by atoms with Crippen LogP contribution in [0.3, 0.4) is 0 Å². The van der Waals surface area contributed by atoms with E-state index in [2.05, 4.69) is 26.0 Å².